The van der Waals surface area contributed by atoms with Crippen molar-refractivity contribution in [2.24, 2.45) is 0 Å². The molecule has 2 aromatic carbocycles. The van der Waals surface area contributed by atoms with Crippen LogP contribution in [-0.2, 0) is 11.8 Å². The fourth-order valence-corrected chi connectivity index (χ4v) is 4.94. The van der Waals surface area contributed by atoms with E-state index in [-0.39, 0.29) is 5.41 Å². The summed E-state index contributed by atoms with van der Waals surface area (Å²) in [6, 6.07) is 13.5. The molecule has 0 unspecified atom stereocenters. The summed E-state index contributed by atoms with van der Waals surface area (Å²) in [6.07, 6.45) is 0.725. The van der Waals surface area contributed by atoms with Crippen molar-refractivity contribution in [2.75, 3.05) is 10.7 Å². The van der Waals surface area contributed by atoms with Gasteiger partial charge in [0.25, 0.3) is 0 Å². The third-order valence-electron chi connectivity index (χ3n) is 3.53. The predicted octanol–water partition coefficient (Wildman–Crippen LogP) is 6.92. The molecule has 0 fully saturated rings. The molecular formula is C16H13Br2Cl3. The maximum absolute atomic E-state index is 6.33. The summed E-state index contributed by atoms with van der Waals surface area (Å²) in [5, 5.41) is 3.65. The monoisotopic (exact) mass is 468 g/mol. The quantitative estimate of drug-likeness (QED) is 0.416. The minimum Gasteiger partial charge on any atom is -0.0918 e. The largest absolute Gasteiger partial charge is 0.0918 e. The van der Waals surface area contributed by atoms with E-state index in [2.05, 4.69) is 37.9 Å². The Labute approximate surface area is 157 Å². The molecule has 21 heavy (non-hydrogen) atoms. The minimum atomic E-state index is -0.167. The first-order valence-electron chi connectivity index (χ1n) is 6.33. The lowest BCUT2D eigenvalue weighted by atomic mass is 9.79. The van der Waals surface area contributed by atoms with Crippen LogP contribution in [0.5, 0.6) is 0 Å². The Morgan fingerprint density at radius 3 is 1.95 bits per heavy atom. The molecule has 0 nitrogen and oxygen atoms in total. The Morgan fingerprint density at radius 2 is 1.43 bits per heavy atom. The molecule has 0 aliphatic carbocycles. The molecule has 0 aliphatic rings. The number of benzene rings is 2. The molecule has 5 heteroatoms. The Hall–Kier alpha value is 0.270. The smallest absolute Gasteiger partial charge is 0.0453 e. The maximum atomic E-state index is 6.33. The fraction of sp³-hybridized carbons (Fsp3) is 0.250. The second-order valence-corrected chi connectivity index (χ2v) is 7.31. The Kier molecular flexibility index (Phi) is 6.46. The lowest BCUT2D eigenvalue weighted by Crippen LogP contribution is -2.33. The van der Waals surface area contributed by atoms with Crippen LogP contribution in [0.1, 0.15) is 11.1 Å². The molecule has 112 valence electrons. The highest BCUT2D eigenvalue weighted by atomic mass is 79.9. The molecule has 0 aliphatic heterocycles. The molecular weight excluding hydrogens is 458 g/mol. The van der Waals surface area contributed by atoms with E-state index in [4.69, 9.17) is 34.8 Å². The summed E-state index contributed by atoms with van der Waals surface area (Å²) in [5.41, 5.74) is 1.94. The molecule has 0 saturated heterocycles. The second kappa shape index (κ2) is 7.70. The van der Waals surface area contributed by atoms with Gasteiger partial charge < -0.3 is 0 Å². The highest BCUT2D eigenvalue weighted by molar-refractivity contribution is 9.09. The zero-order chi connectivity index (χ0) is 15.5. The van der Waals surface area contributed by atoms with Gasteiger partial charge in [-0.25, -0.2) is 0 Å². The molecule has 2 rings (SSSR count). The normalized spacial score (nSPS) is 11.7. The van der Waals surface area contributed by atoms with Crippen molar-refractivity contribution in [3.05, 3.63) is 68.7 Å². The van der Waals surface area contributed by atoms with Gasteiger partial charge in [-0.2, -0.15) is 0 Å². The molecule has 0 saturated carbocycles. The third-order valence-corrected chi connectivity index (χ3v) is 6.62. The van der Waals surface area contributed by atoms with E-state index in [9.17, 15) is 0 Å². The Bertz CT molecular complexity index is 604. The van der Waals surface area contributed by atoms with Gasteiger partial charge in [0.05, 0.1) is 0 Å². The molecule has 0 spiro atoms. The average Bonchev–Trinajstić information content (AvgIpc) is 2.48. The van der Waals surface area contributed by atoms with Crippen LogP contribution in [-0.4, -0.2) is 10.7 Å². The Balaban J connectivity index is 2.48. The van der Waals surface area contributed by atoms with Crippen LogP contribution in [0, 0.1) is 0 Å². The third kappa shape index (κ3) is 3.97. The van der Waals surface area contributed by atoms with Crippen molar-refractivity contribution < 1.29 is 0 Å². The number of hydrogen-bond donors (Lipinski definition) is 0. The molecule has 0 bridgehead atoms. The van der Waals surface area contributed by atoms with Crippen LogP contribution in [0.15, 0.2) is 42.5 Å². The van der Waals surface area contributed by atoms with Crippen LogP contribution >= 0.6 is 66.7 Å². The summed E-state index contributed by atoms with van der Waals surface area (Å²) >= 11 is 26.1. The van der Waals surface area contributed by atoms with Gasteiger partial charge in [-0.1, -0.05) is 84.9 Å². The van der Waals surface area contributed by atoms with Crippen molar-refractivity contribution in [3.8, 4) is 0 Å². The number of hydrogen-bond acceptors (Lipinski definition) is 0. The first-order chi connectivity index (χ1) is 10.0. The van der Waals surface area contributed by atoms with Gasteiger partial charge in [-0.3, -0.25) is 0 Å². The highest BCUT2D eigenvalue weighted by Gasteiger charge is 2.32. The predicted molar refractivity (Wildman–Crippen MR) is 101 cm³/mol. The molecule has 0 N–H and O–H groups in total. The summed E-state index contributed by atoms with van der Waals surface area (Å²) in [6.45, 7) is 0. The SMILES string of the molecule is Clc1cccc(C(CBr)(CBr)Cc2c(Cl)cccc2Cl)c1. The standard InChI is InChI=1S/C16H13Br2Cl3/c17-9-16(10-18,11-3-1-4-12(19)7-11)8-13-14(20)5-2-6-15(13)21/h1-7H,8-10H2. The first kappa shape index (κ1) is 17.6. The second-order valence-electron chi connectivity index (χ2n) is 4.93. The maximum Gasteiger partial charge on any atom is 0.0453 e. The van der Waals surface area contributed by atoms with Crippen molar-refractivity contribution in [2.45, 2.75) is 11.8 Å². The van der Waals surface area contributed by atoms with Crippen molar-refractivity contribution in [1.82, 2.24) is 0 Å². The van der Waals surface area contributed by atoms with Gasteiger partial charge in [-0.15, -0.1) is 0 Å². The van der Waals surface area contributed by atoms with Gasteiger partial charge in [0.1, 0.15) is 0 Å². The van der Waals surface area contributed by atoms with Crippen LogP contribution in [0.2, 0.25) is 15.1 Å². The molecule has 0 heterocycles. The fourth-order valence-electron chi connectivity index (χ4n) is 2.24. The molecule has 2 aromatic rings. The summed E-state index contributed by atoms with van der Waals surface area (Å²) in [5.74, 6) is 0. The number of halogens is 5. The van der Waals surface area contributed by atoms with E-state index in [1.54, 1.807) is 0 Å². The molecule has 0 atom stereocenters. The highest BCUT2D eigenvalue weighted by Crippen LogP contribution is 2.37. The van der Waals surface area contributed by atoms with Gasteiger partial charge >= 0.3 is 0 Å². The number of alkyl halides is 2. The average molecular weight is 471 g/mol. The van der Waals surface area contributed by atoms with E-state index in [0.29, 0.717) is 10.0 Å². The van der Waals surface area contributed by atoms with Crippen LogP contribution in [0.3, 0.4) is 0 Å². The van der Waals surface area contributed by atoms with Gasteiger partial charge in [0.15, 0.2) is 0 Å². The van der Waals surface area contributed by atoms with E-state index in [0.717, 1.165) is 33.2 Å². The van der Waals surface area contributed by atoms with Gasteiger partial charge in [-0.05, 0) is 41.8 Å². The van der Waals surface area contributed by atoms with Crippen molar-refractivity contribution >= 4 is 66.7 Å². The van der Waals surface area contributed by atoms with Crippen LogP contribution in [0.4, 0.5) is 0 Å². The molecule has 0 aromatic heterocycles. The van der Waals surface area contributed by atoms with Gasteiger partial charge in [0, 0.05) is 31.1 Å². The number of rotatable bonds is 5. The molecule has 0 amide bonds. The van der Waals surface area contributed by atoms with Crippen molar-refractivity contribution in [1.29, 1.82) is 0 Å². The summed E-state index contributed by atoms with van der Waals surface area (Å²) in [4.78, 5) is 0. The zero-order valence-electron chi connectivity index (χ0n) is 11.1. The zero-order valence-corrected chi connectivity index (χ0v) is 16.5. The lowest BCUT2D eigenvalue weighted by molar-refractivity contribution is 0.551. The van der Waals surface area contributed by atoms with E-state index in [1.165, 1.54) is 0 Å². The molecule has 0 radical (unpaired) electrons. The van der Waals surface area contributed by atoms with Gasteiger partial charge in [0.2, 0.25) is 0 Å². The van der Waals surface area contributed by atoms with E-state index < -0.39 is 0 Å². The first-order valence-corrected chi connectivity index (χ1v) is 9.71. The summed E-state index contributed by atoms with van der Waals surface area (Å²) < 4.78 is 0. The van der Waals surface area contributed by atoms with Crippen LogP contribution in [0.25, 0.3) is 0 Å². The topological polar surface area (TPSA) is 0 Å². The van der Waals surface area contributed by atoms with E-state index >= 15 is 0 Å². The lowest BCUT2D eigenvalue weighted by Gasteiger charge is -2.31. The van der Waals surface area contributed by atoms with Crippen LogP contribution < -0.4 is 0 Å². The van der Waals surface area contributed by atoms with E-state index in [1.807, 2.05) is 36.4 Å². The minimum absolute atomic E-state index is 0.167. The van der Waals surface area contributed by atoms with Crippen molar-refractivity contribution in [3.63, 3.8) is 0 Å². The Morgan fingerprint density at radius 1 is 0.857 bits per heavy atom. The summed E-state index contributed by atoms with van der Waals surface area (Å²) in [7, 11) is 0.